The van der Waals surface area contributed by atoms with Crippen molar-refractivity contribution in [2.75, 3.05) is 5.73 Å². The number of hydrogen-bond donors (Lipinski definition) is 3. The zero-order chi connectivity index (χ0) is 22.7. The standard InChI is InChI=1S/C22H29N5O4S/c23-16-17(20(24)28)26-32-19(16)22(30)27(14-9-2-1-3-10-14)18(15-11-6-12-31-15)21(29)25-13-7-4-5-8-13/h6,11-14,18H,1-5,7-10,23H2,(H2,24,28)(H,25,29). The molecule has 0 spiro atoms. The molecule has 4 rings (SSSR count). The Kier molecular flexibility index (Phi) is 6.78. The van der Waals surface area contributed by atoms with Gasteiger partial charge in [0.25, 0.3) is 17.7 Å². The molecule has 5 N–H and O–H groups in total. The highest BCUT2D eigenvalue weighted by molar-refractivity contribution is 7.09. The number of nitrogens with zero attached hydrogens (tertiary/aromatic N) is 2. The molecule has 2 aromatic heterocycles. The first-order chi connectivity index (χ1) is 15.5. The van der Waals surface area contributed by atoms with Crippen molar-refractivity contribution in [3.05, 3.63) is 34.7 Å². The second-order valence-corrected chi connectivity index (χ2v) is 9.32. The monoisotopic (exact) mass is 459 g/mol. The maximum atomic E-state index is 13.8. The van der Waals surface area contributed by atoms with Gasteiger partial charge < -0.3 is 26.1 Å². The van der Waals surface area contributed by atoms with Crippen LogP contribution < -0.4 is 16.8 Å². The third kappa shape index (κ3) is 4.50. The molecule has 1 unspecified atom stereocenters. The maximum absolute atomic E-state index is 13.8. The number of furan rings is 1. The molecule has 2 aliphatic carbocycles. The smallest absolute Gasteiger partial charge is 0.270 e. The van der Waals surface area contributed by atoms with Crippen molar-refractivity contribution in [2.45, 2.75) is 75.9 Å². The van der Waals surface area contributed by atoms with Gasteiger partial charge in [-0.1, -0.05) is 32.1 Å². The molecule has 32 heavy (non-hydrogen) atoms. The Balaban J connectivity index is 1.73. The molecular weight excluding hydrogens is 430 g/mol. The predicted octanol–water partition coefficient (Wildman–Crippen LogP) is 2.99. The van der Waals surface area contributed by atoms with E-state index in [1.165, 1.54) is 6.26 Å². The highest BCUT2D eigenvalue weighted by Crippen LogP contribution is 2.35. The molecule has 2 heterocycles. The van der Waals surface area contributed by atoms with Crippen LogP contribution in [-0.2, 0) is 4.79 Å². The number of carbonyl (C=O) groups is 3. The van der Waals surface area contributed by atoms with Crippen LogP contribution in [0.4, 0.5) is 5.69 Å². The first kappa shape index (κ1) is 22.3. The first-order valence-electron chi connectivity index (χ1n) is 11.2. The van der Waals surface area contributed by atoms with E-state index in [0.29, 0.717) is 5.76 Å². The number of aromatic nitrogens is 1. The molecular formula is C22H29N5O4S. The normalized spacial score (nSPS) is 18.4. The largest absolute Gasteiger partial charge is 0.467 e. The van der Waals surface area contributed by atoms with E-state index in [-0.39, 0.29) is 34.2 Å². The lowest BCUT2D eigenvalue weighted by Crippen LogP contribution is -2.50. The van der Waals surface area contributed by atoms with Gasteiger partial charge in [-0.3, -0.25) is 14.4 Å². The summed E-state index contributed by atoms with van der Waals surface area (Å²) >= 11 is 0.835. The SMILES string of the molecule is NC(=O)c1nsc(C(=O)N(C2CCCCC2)C(C(=O)NC2CCCC2)c2ccco2)c1N. The number of carbonyl (C=O) groups excluding carboxylic acids is 3. The van der Waals surface area contributed by atoms with Crippen LogP contribution in [0.1, 0.15) is 89.7 Å². The molecule has 2 aliphatic rings. The van der Waals surface area contributed by atoms with E-state index in [0.717, 1.165) is 69.3 Å². The van der Waals surface area contributed by atoms with Crippen molar-refractivity contribution in [3.8, 4) is 0 Å². The first-order valence-corrected chi connectivity index (χ1v) is 12.0. The summed E-state index contributed by atoms with van der Waals surface area (Å²) in [4.78, 5) is 40.7. The fourth-order valence-electron chi connectivity index (χ4n) is 4.79. The summed E-state index contributed by atoms with van der Waals surface area (Å²) in [5, 5.41) is 3.12. The molecule has 1 atom stereocenters. The van der Waals surface area contributed by atoms with E-state index in [1.54, 1.807) is 17.0 Å². The van der Waals surface area contributed by atoms with Crippen molar-refractivity contribution in [3.63, 3.8) is 0 Å². The summed E-state index contributed by atoms with van der Waals surface area (Å²) in [5.74, 6) is -1.08. The van der Waals surface area contributed by atoms with Gasteiger partial charge in [0.2, 0.25) is 0 Å². The van der Waals surface area contributed by atoms with Gasteiger partial charge in [0.05, 0.1) is 12.0 Å². The fourth-order valence-corrected chi connectivity index (χ4v) is 5.54. The van der Waals surface area contributed by atoms with E-state index in [9.17, 15) is 14.4 Å². The van der Waals surface area contributed by atoms with Crippen LogP contribution in [0.3, 0.4) is 0 Å². The van der Waals surface area contributed by atoms with Crippen LogP contribution in [0.15, 0.2) is 22.8 Å². The maximum Gasteiger partial charge on any atom is 0.270 e. The van der Waals surface area contributed by atoms with Crippen molar-refractivity contribution in [1.82, 2.24) is 14.6 Å². The van der Waals surface area contributed by atoms with E-state index in [4.69, 9.17) is 15.9 Å². The number of hydrogen-bond acceptors (Lipinski definition) is 7. The molecule has 0 saturated heterocycles. The van der Waals surface area contributed by atoms with Gasteiger partial charge >= 0.3 is 0 Å². The third-order valence-electron chi connectivity index (χ3n) is 6.40. The van der Waals surface area contributed by atoms with Gasteiger partial charge in [-0.25, -0.2) is 0 Å². The molecule has 2 aromatic rings. The van der Waals surface area contributed by atoms with Gasteiger partial charge in [-0.15, -0.1) is 0 Å². The average Bonchev–Trinajstić information content (AvgIpc) is 3.54. The van der Waals surface area contributed by atoms with Crippen molar-refractivity contribution in [2.24, 2.45) is 5.73 Å². The Bertz CT molecular complexity index is 961. The molecule has 0 aromatic carbocycles. The number of nitrogen functional groups attached to an aromatic ring is 1. The minimum absolute atomic E-state index is 0.0392. The molecule has 0 aliphatic heterocycles. The number of rotatable bonds is 7. The van der Waals surface area contributed by atoms with Crippen LogP contribution in [0.25, 0.3) is 0 Å². The predicted molar refractivity (Wildman–Crippen MR) is 120 cm³/mol. The molecule has 10 heteroatoms. The number of anilines is 1. The molecule has 9 nitrogen and oxygen atoms in total. The lowest BCUT2D eigenvalue weighted by atomic mass is 9.92. The molecule has 0 radical (unpaired) electrons. The Hall–Kier alpha value is -2.88. The van der Waals surface area contributed by atoms with Gasteiger partial charge in [0, 0.05) is 12.1 Å². The second kappa shape index (κ2) is 9.72. The summed E-state index contributed by atoms with van der Waals surface area (Å²) < 4.78 is 9.63. The molecule has 3 amide bonds. The number of amides is 3. The highest BCUT2D eigenvalue weighted by Gasteiger charge is 2.41. The number of primary amides is 1. The summed E-state index contributed by atoms with van der Waals surface area (Å²) in [7, 11) is 0. The summed E-state index contributed by atoms with van der Waals surface area (Å²) in [6.45, 7) is 0. The van der Waals surface area contributed by atoms with Crippen molar-refractivity contribution < 1.29 is 18.8 Å². The second-order valence-electron chi connectivity index (χ2n) is 8.55. The summed E-state index contributed by atoms with van der Waals surface area (Å²) in [6.07, 6.45) is 10.1. The lowest BCUT2D eigenvalue weighted by Gasteiger charge is -2.38. The Morgan fingerprint density at radius 3 is 2.41 bits per heavy atom. The number of nitrogens with two attached hydrogens (primary N) is 2. The fraction of sp³-hybridized carbons (Fsp3) is 0.545. The van der Waals surface area contributed by atoms with Crippen molar-refractivity contribution >= 4 is 34.9 Å². The van der Waals surface area contributed by atoms with Crippen molar-refractivity contribution in [1.29, 1.82) is 0 Å². The number of nitrogens with one attached hydrogen (secondary N) is 1. The quantitative estimate of drug-likeness (QED) is 0.580. The molecule has 0 bridgehead atoms. The van der Waals surface area contributed by atoms with E-state index >= 15 is 0 Å². The summed E-state index contributed by atoms with van der Waals surface area (Å²) in [6, 6.07) is 2.44. The molecule has 2 fully saturated rings. The van der Waals surface area contributed by atoms with E-state index in [1.807, 2.05) is 0 Å². The minimum Gasteiger partial charge on any atom is -0.467 e. The van der Waals surface area contributed by atoms with E-state index in [2.05, 4.69) is 9.69 Å². The highest BCUT2D eigenvalue weighted by atomic mass is 32.1. The van der Waals surface area contributed by atoms with Crippen LogP contribution in [-0.4, -0.2) is 39.1 Å². The topological polar surface area (TPSA) is 145 Å². The van der Waals surface area contributed by atoms with Crippen LogP contribution in [0, 0.1) is 0 Å². The van der Waals surface area contributed by atoms with E-state index < -0.39 is 17.9 Å². The zero-order valence-corrected chi connectivity index (χ0v) is 18.7. The van der Waals surface area contributed by atoms with Gasteiger partial charge in [-0.05, 0) is 49.3 Å². The zero-order valence-electron chi connectivity index (χ0n) is 17.9. The molecule has 172 valence electrons. The third-order valence-corrected chi connectivity index (χ3v) is 7.25. The van der Waals surface area contributed by atoms with Gasteiger partial charge in [0.15, 0.2) is 11.7 Å². The van der Waals surface area contributed by atoms with Gasteiger partial charge in [-0.2, -0.15) is 4.37 Å². The Morgan fingerprint density at radius 2 is 1.81 bits per heavy atom. The minimum atomic E-state index is -0.931. The Labute approximate surface area is 190 Å². The summed E-state index contributed by atoms with van der Waals surface area (Å²) in [5.41, 5.74) is 11.3. The van der Waals surface area contributed by atoms with Crippen LogP contribution >= 0.6 is 11.5 Å². The Morgan fingerprint density at radius 1 is 1.12 bits per heavy atom. The van der Waals surface area contributed by atoms with Crippen LogP contribution in [0.2, 0.25) is 0 Å². The average molecular weight is 460 g/mol. The van der Waals surface area contributed by atoms with Crippen LogP contribution in [0.5, 0.6) is 0 Å². The lowest BCUT2D eigenvalue weighted by molar-refractivity contribution is -0.128. The molecule has 2 saturated carbocycles. The van der Waals surface area contributed by atoms with Gasteiger partial charge in [0.1, 0.15) is 10.6 Å².